The van der Waals surface area contributed by atoms with E-state index < -0.39 is 0 Å². The summed E-state index contributed by atoms with van der Waals surface area (Å²) in [5.74, 6) is 2.22. The van der Waals surface area contributed by atoms with Crippen molar-refractivity contribution in [2.75, 3.05) is 17.3 Å². The number of aromatic nitrogens is 2. The SMILES string of the molecule is CSCCn1cc(C)nc1NC1CCCC1. The average Bonchev–Trinajstić information content (AvgIpc) is 2.86. The van der Waals surface area contributed by atoms with Crippen molar-refractivity contribution in [2.24, 2.45) is 0 Å². The molecule has 4 heteroatoms. The third kappa shape index (κ3) is 2.94. The van der Waals surface area contributed by atoms with E-state index in [1.54, 1.807) is 0 Å². The van der Waals surface area contributed by atoms with Gasteiger partial charge in [0.2, 0.25) is 5.95 Å². The van der Waals surface area contributed by atoms with Crippen LogP contribution in [0.4, 0.5) is 5.95 Å². The van der Waals surface area contributed by atoms with E-state index in [1.165, 1.54) is 25.7 Å². The molecule has 0 amide bonds. The summed E-state index contributed by atoms with van der Waals surface area (Å²) >= 11 is 1.88. The molecule has 1 aliphatic carbocycles. The topological polar surface area (TPSA) is 29.9 Å². The highest BCUT2D eigenvalue weighted by Crippen LogP contribution is 2.22. The van der Waals surface area contributed by atoms with Crippen molar-refractivity contribution in [3.63, 3.8) is 0 Å². The monoisotopic (exact) mass is 239 g/mol. The van der Waals surface area contributed by atoms with Crippen LogP contribution >= 0.6 is 11.8 Å². The highest BCUT2D eigenvalue weighted by molar-refractivity contribution is 7.98. The summed E-state index contributed by atoms with van der Waals surface area (Å²) in [5, 5.41) is 3.58. The zero-order valence-electron chi connectivity index (χ0n) is 10.2. The second-order valence-corrected chi connectivity index (χ2v) is 5.50. The molecule has 0 unspecified atom stereocenters. The van der Waals surface area contributed by atoms with Gasteiger partial charge in [0.1, 0.15) is 0 Å². The molecule has 0 radical (unpaired) electrons. The van der Waals surface area contributed by atoms with Crippen LogP contribution in [0.5, 0.6) is 0 Å². The molecular weight excluding hydrogens is 218 g/mol. The molecule has 3 nitrogen and oxygen atoms in total. The molecule has 90 valence electrons. The normalized spacial score (nSPS) is 16.9. The van der Waals surface area contributed by atoms with Gasteiger partial charge in [-0.15, -0.1) is 0 Å². The van der Waals surface area contributed by atoms with Crippen LogP contribution in [0.3, 0.4) is 0 Å². The zero-order chi connectivity index (χ0) is 11.4. The minimum absolute atomic E-state index is 0.648. The molecule has 0 aliphatic heterocycles. The van der Waals surface area contributed by atoms with Crippen molar-refractivity contribution in [3.05, 3.63) is 11.9 Å². The van der Waals surface area contributed by atoms with Gasteiger partial charge in [-0.3, -0.25) is 0 Å². The fraction of sp³-hybridized carbons (Fsp3) is 0.750. The Balaban J connectivity index is 2.00. The Labute approximate surface area is 102 Å². The van der Waals surface area contributed by atoms with E-state index >= 15 is 0 Å². The van der Waals surface area contributed by atoms with Gasteiger partial charge in [0.05, 0.1) is 5.69 Å². The van der Waals surface area contributed by atoms with Crippen molar-refractivity contribution in [2.45, 2.75) is 45.2 Å². The van der Waals surface area contributed by atoms with Crippen molar-refractivity contribution < 1.29 is 0 Å². The molecule has 1 N–H and O–H groups in total. The first-order valence-electron chi connectivity index (χ1n) is 6.09. The van der Waals surface area contributed by atoms with E-state index in [-0.39, 0.29) is 0 Å². The van der Waals surface area contributed by atoms with Gasteiger partial charge in [-0.2, -0.15) is 11.8 Å². The van der Waals surface area contributed by atoms with E-state index in [2.05, 4.69) is 34.2 Å². The average molecular weight is 239 g/mol. The second-order valence-electron chi connectivity index (χ2n) is 4.52. The van der Waals surface area contributed by atoms with E-state index in [1.807, 2.05) is 11.8 Å². The highest BCUT2D eigenvalue weighted by Gasteiger charge is 2.16. The molecule has 0 atom stereocenters. The molecule has 1 saturated carbocycles. The van der Waals surface area contributed by atoms with Gasteiger partial charge >= 0.3 is 0 Å². The van der Waals surface area contributed by atoms with Crippen molar-refractivity contribution in [1.82, 2.24) is 9.55 Å². The van der Waals surface area contributed by atoms with Crippen LogP contribution in [0.2, 0.25) is 0 Å². The van der Waals surface area contributed by atoms with Crippen LogP contribution < -0.4 is 5.32 Å². The lowest BCUT2D eigenvalue weighted by atomic mass is 10.2. The first kappa shape index (κ1) is 11.8. The number of rotatable bonds is 5. The lowest BCUT2D eigenvalue weighted by Crippen LogP contribution is -2.18. The highest BCUT2D eigenvalue weighted by atomic mass is 32.2. The molecular formula is C12H21N3S. The van der Waals surface area contributed by atoms with Crippen LogP contribution in [0.1, 0.15) is 31.4 Å². The summed E-state index contributed by atoms with van der Waals surface area (Å²) in [6.45, 7) is 3.12. The van der Waals surface area contributed by atoms with Gasteiger partial charge in [-0.05, 0) is 26.0 Å². The van der Waals surface area contributed by atoms with Crippen LogP contribution in [-0.2, 0) is 6.54 Å². The Morgan fingerprint density at radius 2 is 2.25 bits per heavy atom. The summed E-state index contributed by atoms with van der Waals surface area (Å²) in [7, 11) is 0. The Kier molecular flexibility index (Phi) is 4.16. The van der Waals surface area contributed by atoms with Crippen LogP contribution in [0.25, 0.3) is 0 Å². The number of imidazole rings is 1. The number of anilines is 1. The lowest BCUT2D eigenvalue weighted by molar-refractivity contribution is 0.709. The van der Waals surface area contributed by atoms with E-state index in [0.717, 1.165) is 23.9 Å². The molecule has 1 aromatic rings. The smallest absolute Gasteiger partial charge is 0.203 e. The Hall–Kier alpha value is -0.640. The fourth-order valence-corrected chi connectivity index (χ4v) is 2.65. The van der Waals surface area contributed by atoms with E-state index in [9.17, 15) is 0 Å². The quantitative estimate of drug-likeness (QED) is 0.857. The Morgan fingerprint density at radius 3 is 2.94 bits per heavy atom. The Bertz CT molecular complexity index is 329. The van der Waals surface area contributed by atoms with E-state index in [0.29, 0.717) is 6.04 Å². The van der Waals surface area contributed by atoms with Crippen LogP contribution in [0.15, 0.2) is 6.20 Å². The standard InChI is InChI=1S/C12H21N3S/c1-10-9-15(7-8-16-2)12(13-10)14-11-5-3-4-6-11/h9,11H,3-8H2,1-2H3,(H,13,14). The molecule has 0 saturated heterocycles. The number of nitrogens with one attached hydrogen (secondary N) is 1. The van der Waals surface area contributed by atoms with Gasteiger partial charge in [-0.1, -0.05) is 12.8 Å². The molecule has 16 heavy (non-hydrogen) atoms. The minimum atomic E-state index is 0.648. The van der Waals surface area contributed by atoms with Gasteiger partial charge in [-0.25, -0.2) is 4.98 Å². The summed E-state index contributed by atoms with van der Waals surface area (Å²) in [5.41, 5.74) is 1.11. The molecule has 1 heterocycles. The minimum Gasteiger partial charge on any atom is -0.353 e. The summed E-state index contributed by atoms with van der Waals surface area (Å²) in [6, 6.07) is 0.648. The zero-order valence-corrected chi connectivity index (χ0v) is 11.0. The number of thioether (sulfide) groups is 1. The third-order valence-electron chi connectivity index (χ3n) is 3.12. The molecule has 0 aromatic carbocycles. The molecule has 0 spiro atoms. The fourth-order valence-electron chi connectivity index (χ4n) is 2.27. The maximum Gasteiger partial charge on any atom is 0.203 e. The molecule has 1 fully saturated rings. The summed E-state index contributed by atoms with van der Waals surface area (Å²) < 4.78 is 2.25. The van der Waals surface area contributed by atoms with Crippen LogP contribution in [-0.4, -0.2) is 27.6 Å². The van der Waals surface area contributed by atoms with Crippen molar-refractivity contribution >= 4 is 17.7 Å². The number of hydrogen-bond acceptors (Lipinski definition) is 3. The number of hydrogen-bond donors (Lipinski definition) is 1. The number of nitrogens with zero attached hydrogens (tertiary/aromatic N) is 2. The van der Waals surface area contributed by atoms with Gasteiger partial charge < -0.3 is 9.88 Å². The van der Waals surface area contributed by atoms with Gasteiger partial charge in [0, 0.05) is 24.5 Å². The maximum absolute atomic E-state index is 4.57. The predicted molar refractivity (Wildman–Crippen MR) is 71.2 cm³/mol. The molecule has 1 aliphatic rings. The van der Waals surface area contributed by atoms with Crippen LogP contribution in [0, 0.1) is 6.92 Å². The van der Waals surface area contributed by atoms with E-state index in [4.69, 9.17) is 0 Å². The molecule has 1 aromatic heterocycles. The summed E-state index contributed by atoms with van der Waals surface area (Å²) in [6.07, 6.45) is 9.62. The largest absolute Gasteiger partial charge is 0.353 e. The third-order valence-corrected chi connectivity index (χ3v) is 3.71. The Morgan fingerprint density at radius 1 is 1.50 bits per heavy atom. The predicted octanol–water partition coefficient (Wildman–Crippen LogP) is 2.91. The van der Waals surface area contributed by atoms with Crippen molar-refractivity contribution in [3.8, 4) is 0 Å². The first-order chi connectivity index (χ1) is 7.79. The summed E-state index contributed by atoms with van der Waals surface area (Å²) in [4.78, 5) is 4.57. The maximum atomic E-state index is 4.57. The molecule has 2 rings (SSSR count). The first-order valence-corrected chi connectivity index (χ1v) is 7.48. The molecule has 0 bridgehead atoms. The number of aryl methyl sites for hydroxylation is 2. The lowest BCUT2D eigenvalue weighted by Gasteiger charge is -2.14. The van der Waals surface area contributed by atoms with Crippen molar-refractivity contribution in [1.29, 1.82) is 0 Å². The van der Waals surface area contributed by atoms with Gasteiger partial charge in [0.15, 0.2) is 0 Å². The van der Waals surface area contributed by atoms with Gasteiger partial charge in [0.25, 0.3) is 0 Å². The second kappa shape index (κ2) is 5.62.